The normalized spacial score (nSPS) is 11.3. The monoisotopic (exact) mass is 279 g/mol. The van der Waals surface area contributed by atoms with E-state index >= 15 is 0 Å². The lowest BCUT2D eigenvalue weighted by Crippen LogP contribution is -2.43. The molecule has 4 heteroatoms. The fourth-order valence-corrected chi connectivity index (χ4v) is 1.61. The van der Waals surface area contributed by atoms with Gasteiger partial charge < -0.3 is 10.2 Å². The first kappa shape index (κ1) is 16.6. The van der Waals surface area contributed by atoms with Crippen molar-refractivity contribution in [2.75, 3.05) is 20.3 Å². The number of benzene rings is 1. The van der Waals surface area contributed by atoms with Gasteiger partial charge in [-0.2, -0.15) is 0 Å². The molecule has 0 fully saturated rings. The van der Waals surface area contributed by atoms with E-state index in [-0.39, 0.29) is 24.6 Å². The zero-order chi connectivity index (χ0) is 15.2. The van der Waals surface area contributed by atoms with Crippen molar-refractivity contribution < 1.29 is 14.6 Å². The lowest BCUT2D eigenvalue weighted by Gasteiger charge is -2.34. The number of hydrogen-bond acceptors (Lipinski definition) is 3. The van der Waals surface area contributed by atoms with Crippen LogP contribution in [0.3, 0.4) is 0 Å². The molecule has 1 rings (SSSR count). The summed E-state index contributed by atoms with van der Waals surface area (Å²) < 4.78 is 13.3. The molecule has 0 radical (unpaired) electrons. The van der Waals surface area contributed by atoms with E-state index in [2.05, 4.69) is 11.8 Å². The fraction of sp³-hybridized carbons (Fsp3) is 0.500. The largest absolute Gasteiger partial charge is 0.395 e. The number of aliphatic hydroxyl groups excluding tert-OH is 2. The third kappa shape index (κ3) is 4.61. The van der Waals surface area contributed by atoms with E-state index in [0.29, 0.717) is 18.5 Å². The highest BCUT2D eigenvalue weighted by Gasteiger charge is 2.22. The number of rotatable bonds is 5. The van der Waals surface area contributed by atoms with Crippen LogP contribution in [-0.2, 0) is 6.54 Å². The number of likely N-dealkylation sites (N-methyl/N-ethyl adjacent to an activating group) is 1. The van der Waals surface area contributed by atoms with Crippen LogP contribution in [0.2, 0.25) is 0 Å². The molecule has 0 aliphatic rings. The molecule has 0 heterocycles. The van der Waals surface area contributed by atoms with Crippen LogP contribution >= 0.6 is 0 Å². The average Bonchev–Trinajstić information content (AvgIpc) is 2.41. The lowest BCUT2D eigenvalue weighted by molar-refractivity contribution is 0.0733. The molecule has 0 saturated heterocycles. The van der Waals surface area contributed by atoms with Gasteiger partial charge in [-0.15, -0.1) is 0 Å². The average molecular weight is 279 g/mol. The molecule has 1 aromatic rings. The summed E-state index contributed by atoms with van der Waals surface area (Å²) in [5.74, 6) is 5.37. The second kappa shape index (κ2) is 7.39. The molecule has 0 aliphatic carbocycles. The molecule has 0 unspecified atom stereocenters. The lowest BCUT2D eigenvalue weighted by atomic mass is 10.0. The molecule has 0 aromatic heterocycles. The summed E-state index contributed by atoms with van der Waals surface area (Å²) in [7, 11) is 1.91. The van der Waals surface area contributed by atoms with Gasteiger partial charge in [-0.1, -0.05) is 17.9 Å². The Balaban J connectivity index is 2.98. The Labute approximate surface area is 120 Å². The van der Waals surface area contributed by atoms with E-state index in [1.165, 1.54) is 12.1 Å². The quantitative estimate of drug-likeness (QED) is 0.807. The van der Waals surface area contributed by atoms with Crippen molar-refractivity contribution in [2.24, 2.45) is 0 Å². The number of hydrogen-bond donors (Lipinski definition) is 2. The van der Waals surface area contributed by atoms with Crippen LogP contribution in [0.15, 0.2) is 18.2 Å². The predicted molar refractivity (Wildman–Crippen MR) is 77.6 cm³/mol. The third-order valence-corrected chi connectivity index (χ3v) is 3.36. The molecule has 0 bridgehead atoms. The molecule has 0 spiro atoms. The maximum Gasteiger partial charge on any atom is 0.124 e. The molecular weight excluding hydrogens is 257 g/mol. The second-order valence-corrected chi connectivity index (χ2v) is 5.40. The highest BCUT2D eigenvalue weighted by molar-refractivity contribution is 5.41. The fourth-order valence-electron chi connectivity index (χ4n) is 1.61. The van der Waals surface area contributed by atoms with Crippen molar-refractivity contribution in [1.82, 2.24) is 4.90 Å². The van der Waals surface area contributed by atoms with Gasteiger partial charge in [-0.25, -0.2) is 4.39 Å². The van der Waals surface area contributed by atoms with Gasteiger partial charge in [0.05, 0.1) is 13.2 Å². The van der Waals surface area contributed by atoms with Crippen LogP contribution in [0.1, 0.15) is 31.4 Å². The van der Waals surface area contributed by atoms with Crippen molar-refractivity contribution in [1.29, 1.82) is 0 Å². The van der Waals surface area contributed by atoms with Crippen molar-refractivity contribution in [3.8, 4) is 11.8 Å². The van der Waals surface area contributed by atoms with E-state index in [4.69, 9.17) is 5.11 Å². The molecule has 110 valence electrons. The van der Waals surface area contributed by atoms with E-state index in [1.807, 2.05) is 25.8 Å². The topological polar surface area (TPSA) is 43.7 Å². The van der Waals surface area contributed by atoms with E-state index in [1.54, 1.807) is 6.07 Å². The Kier molecular flexibility index (Phi) is 6.15. The van der Waals surface area contributed by atoms with Gasteiger partial charge in [-0.05, 0) is 38.6 Å². The molecule has 20 heavy (non-hydrogen) atoms. The Hall–Kier alpha value is -1.41. The molecule has 0 saturated carbocycles. The molecule has 0 aliphatic heterocycles. The van der Waals surface area contributed by atoms with Gasteiger partial charge in [0, 0.05) is 24.1 Å². The van der Waals surface area contributed by atoms with Gasteiger partial charge >= 0.3 is 0 Å². The number of aliphatic hydroxyl groups is 2. The summed E-state index contributed by atoms with van der Waals surface area (Å²) in [5, 5.41) is 18.1. The zero-order valence-corrected chi connectivity index (χ0v) is 12.3. The minimum absolute atomic E-state index is 0.00487. The maximum absolute atomic E-state index is 13.3. The predicted octanol–water partition coefficient (Wildman–Crippen LogP) is 1.76. The van der Waals surface area contributed by atoms with Crippen LogP contribution in [0.5, 0.6) is 0 Å². The summed E-state index contributed by atoms with van der Waals surface area (Å²) in [6.45, 7) is 4.48. The van der Waals surface area contributed by atoms with Crippen molar-refractivity contribution in [3.05, 3.63) is 35.1 Å². The van der Waals surface area contributed by atoms with Gasteiger partial charge in [0.1, 0.15) is 5.82 Å². The third-order valence-electron chi connectivity index (χ3n) is 3.36. The summed E-state index contributed by atoms with van der Waals surface area (Å²) in [5.41, 5.74) is 1.17. The summed E-state index contributed by atoms with van der Waals surface area (Å²) in [4.78, 5) is 2.00. The highest BCUT2D eigenvalue weighted by Crippen LogP contribution is 2.18. The van der Waals surface area contributed by atoms with Crippen LogP contribution < -0.4 is 0 Å². The highest BCUT2D eigenvalue weighted by atomic mass is 19.1. The van der Waals surface area contributed by atoms with Gasteiger partial charge in [0.2, 0.25) is 0 Å². The van der Waals surface area contributed by atoms with Crippen LogP contribution in [0.25, 0.3) is 0 Å². The zero-order valence-electron chi connectivity index (χ0n) is 12.3. The van der Waals surface area contributed by atoms with Crippen molar-refractivity contribution in [2.45, 2.75) is 32.4 Å². The summed E-state index contributed by atoms with van der Waals surface area (Å²) in [6.07, 6.45) is 0.369. The molecule has 1 aromatic carbocycles. The van der Waals surface area contributed by atoms with Crippen LogP contribution in [0, 0.1) is 17.7 Å². The van der Waals surface area contributed by atoms with Crippen LogP contribution in [0.4, 0.5) is 4.39 Å². The van der Waals surface area contributed by atoms with Crippen molar-refractivity contribution in [3.63, 3.8) is 0 Å². The Morgan fingerprint density at radius 1 is 1.30 bits per heavy atom. The molecular formula is C16H22FNO2. The first-order chi connectivity index (χ1) is 9.40. The van der Waals surface area contributed by atoms with Gasteiger partial charge in [0.25, 0.3) is 0 Å². The molecule has 0 atom stereocenters. The van der Waals surface area contributed by atoms with Gasteiger partial charge in [-0.3, -0.25) is 4.90 Å². The Morgan fingerprint density at radius 2 is 2.00 bits per heavy atom. The minimum Gasteiger partial charge on any atom is -0.395 e. The Bertz CT molecular complexity index is 503. The number of halogens is 1. The maximum atomic E-state index is 13.3. The minimum atomic E-state index is -0.357. The summed E-state index contributed by atoms with van der Waals surface area (Å²) in [6, 6.07) is 4.52. The standard InChI is InChI=1S/C16H22FNO2/c1-16(2,12-20)18(3)11-14-7-8-15(17)10-13(14)6-4-5-9-19/h7-8,10,19-20H,5,9,11-12H2,1-3H3. The SMILES string of the molecule is CN(Cc1ccc(F)cc1C#CCCO)C(C)(C)CO. The number of nitrogens with zero attached hydrogens (tertiary/aromatic N) is 1. The first-order valence-corrected chi connectivity index (χ1v) is 6.61. The smallest absolute Gasteiger partial charge is 0.124 e. The molecule has 0 amide bonds. The summed E-state index contributed by atoms with van der Waals surface area (Å²) >= 11 is 0. The van der Waals surface area contributed by atoms with E-state index in [0.717, 1.165) is 5.56 Å². The second-order valence-electron chi connectivity index (χ2n) is 5.40. The Morgan fingerprint density at radius 3 is 2.60 bits per heavy atom. The van der Waals surface area contributed by atoms with Crippen LogP contribution in [-0.4, -0.2) is 40.9 Å². The van der Waals surface area contributed by atoms with Gasteiger partial charge in [0.15, 0.2) is 0 Å². The van der Waals surface area contributed by atoms with E-state index in [9.17, 15) is 9.50 Å². The molecule has 3 nitrogen and oxygen atoms in total. The van der Waals surface area contributed by atoms with E-state index < -0.39 is 0 Å². The first-order valence-electron chi connectivity index (χ1n) is 6.61. The molecule has 2 N–H and O–H groups in total. The van der Waals surface area contributed by atoms with Crippen molar-refractivity contribution >= 4 is 0 Å².